The Balaban J connectivity index is 1.32. The molecule has 11 heteroatoms. The molecule has 0 saturated carbocycles. The minimum Gasteiger partial charge on any atom is -0.392 e. The van der Waals surface area contributed by atoms with Crippen molar-refractivity contribution in [3.63, 3.8) is 0 Å². The van der Waals surface area contributed by atoms with Crippen molar-refractivity contribution in [1.82, 2.24) is 19.5 Å². The minimum atomic E-state index is -3.60. The van der Waals surface area contributed by atoms with Crippen LogP contribution in [-0.2, 0) is 39.7 Å². The van der Waals surface area contributed by atoms with E-state index in [0.717, 1.165) is 27.4 Å². The van der Waals surface area contributed by atoms with Gasteiger partial charge in [0, 0.05) is 30.8 Å². The van der Waals surface area contributed by atoms with Crippen LogP contribution in [0.1, 0.15) is 41.6 Å². The molecule has 2 N–H and O–H groups in total. The van der Waals surface area contributed by atoms with Gasteiger partial charge in [-0.05, 0) is 28.8 Å². The van der Waals surface area contributed by atoms with E-state index < -0.39 is 16.3 Å². The van der Waals surface area contributed by atoms with Crippen LogP contribution in [0.3, 0.4) is 0 Å². The van der Waals surface area contributed by atoms with Crippen molar-refractivity contribution in [2.45, 2.75) is 48.6 Å². The predicted molar refractivity (Wildman–Crippen MR) is 152 cm³/mol. The van der Waals surface area contributed by atoms with Crippen LogP contribution in [0.2, 0.25) is 0 Å². The van der Waals surface area contributed by atoms with Gasteiger partial charge in [-0.1, -0.05) is 85.4 Å². The second-order valence-corrected chi connectivity index (χ2v) is 12.5. The number of aryl methyl sites for hydroxylation is 1. The summed E-state index contributed by atoms with van der Waals surface area (Å²) in [5.74, 6) is 0.710. The Morgan fingerprint density at radius 1 is 0.950 bits per heavy atom. The number of hydrogen-bond acceptors (Lipinski definition) is 8. The fourth-order valence-corrected chi connectivity index (χ4v) is 6.61. The zero-order chi connectivity index (χ0) is 28.1. The Hall–Kier alpha value is -3.06. The molecule has 1 aromatic heterocycles. The molecule has 0 unspecified atom stereocenters. The highest BCUT2D eigenvalue weighted by atomic mass is 32.2. The summed E-state index contributed by atoms with van der Waals surface area (Å²) < 4.78 is 42.7. The van der Waals surface area contributed by atoms with E-state index in [4.69, 9.17) is 9.47 Å². The molecule has 4 atom stereocenters. The molecule has 2 heterocycles. The molecule has 5 rings (SSSR count). The second kappa shape index (κ2) is 12.6. The number of aliphatic hydroxyl groups excluding tert-OH is 1. The van der Waals surface area contributed by atoms with E-state index in [1.165, 1.54) is 0 Å². The molecule has 0 aliphatic carbocycles. The van der Waals surface area contributed by atoms with E-state index in [-0.39, 0.29) is 36.2 Å². The average molecular weight is 581 g/mol. The summed E-state index contributed by atoms with van der Waals surface area (Å²) in [7, 11) is -1.69. The van der Waals surface area contributed by atoms with E-state index in [9.17, 15) is 13.5 Å². The fraction of sp³-hybridized carbons (Fsp3) is 0.310. The Morgan fingerprint density at radius 2 is 1.62 bits per heavy atom. The average Bonchev–Trinajstić information content (AvgIpc) is 3.40. The van der Waals surface area contributed by atoms with Crippen LogP contribution >= 0.6 is 11.8 Å². The van der Waals surface area contributed by atoms with Gasteiger partial charge in [-0.25, -0.2) is 13.1 Å². The van der Waals surface area contributed by atoms with Gasteiger partial charge in [-0.3, -0.25) is 0 Å². The summed E-state index contributed by atoms with van der Waals surface area (Å²) in [6, 6.07) is 23.7. The standard InChI is InChI=1S/C29H32N4O5S2/c1-20-26(18-39-29-32-30-19-33(29)2)37-28(38-27(20)23-12-10-22(17-34)11-13-23)24-14-8-21(9-15-24)16-31-40(35,36)25-6-4-3-5-7-25/h3-15,19-20,26-28,31,34H,16-18H2,1-2H3/t20-,26+,27+,28+/m0/s1. The van der Waals surface area contributed by atoms with Crippen molar-refractivity contribution in [2.75, 3.05) is 5.75 Å². The molecule has 0 radical (unpaired) electrons. The summed E-state index contributed by atoms with van der Waals surface area (Å²) in [6.45, 7) is 2.26. The number of sulfonamides is 1. The van der Waals surface area contributed by atoms with Crippen LogP contribution in [0.4, 0.5) is 0 Å². The number of benzene rings is 3. The lowest BCUT2D eigenvalue weighted by atomic mass is 9.91. The van der Waals surface area contributed by atoms with E-state index in [0.29, 0.717) is 5.75 Å². The van der Waals surface area contributed by atoms with Crippen molar-refractivity contribution < 1.29 is 23.0 Å². The third-order valence-electron chi connectivity index (χ3n) is 6.94. The monoisotopic (exact) mass is 580 g/mol. The predicted octanol–water partition coefficient (Wildman–Crippen LogP) is 4.37. The first-order valence-corrected chi connectivity index (χ1v) is 15.4. The number of aliphatic hydroxyl groups is 1. The summed E-state index contributed by atoms with van der Waals surface area (Å²) >= 11 is 1.58. The van der Waals surface area contributed by atoms with Crippen LogP contribution < -0.4 is 4.72 Å². The second-order valence-electron chi connectivity index (χ2n) is 9.74. The van der Waals surface area contributed by atoms with Crippen molar-refractivity contribution in [1.29, 1.82) is 0 Å². The maximum atomic E-state index is 12.6. The van der Waals surface area contributed by atoms with E-state index in [2.05, 4.69) is 21.8 Å². The van der Waals surface area contributed by atoms with Crippen LogP contribution in [0.25, 0.3) is 0 Å². The summed E-state index contributed by atoms with van der Waals surface area (Å²) in [4.78, 5) is 0.230. The van der Waals surface area contributed by atoms with E-state index in [1.807, 2.05) is 60.1 Å². The highest BCUT2D eigenvalue weighted by molar-refractivity contribution is 7.99. The number of aromatic nitrogens is 3. The zero-order valence-corrected chi connectivity index (χ0v) is 23.9. The Morgan fingerprint density at radius 3 is 2.27 bits per heavy atom. The number of rotatable bonds is 10. The van der Waals surface area contributed by atoms with Crippen LogP contribution in [0.15, 0.2) is 95.2 Å². The molecule has 9 nitrogen and oxygen atoms in total. The molecule has 1 fully saturated rings. The van der Waals surface area contributed by atoms with Gasteiger partial charge >= 0.3 is 0 Å². The molecule has 210 valence electrons. The number of thioether (sulfide) groups is 1. The molecule has 1 aliphatic heterocycles. The number of nitrogens with one attached hydrogen (secondary N) is 1. The molecule has 0 amide bonds. The molecule has 4 aromatic rings. The molecule has 3 aromatic carbocycles. The lowest BCUT2D eigenvalue weighted by Gasteiger charge is -2.41. The molecule has 40 heavy (non-hydrogen) atoms. The van der Waals surface area contributed by atoms with Gasteiger partial charge in [-0.2, -0.15) is 0 Å². The SMILES string of the molecule is C[C@H]1[C@@H](CSc2nncn2C)O[C@@H](c2ccc(CNS(=O)(=O)c3ccccc3)cc2)O[C@H]1c1ccc(CO)cc1. The number of hydrogen-bond donors (Lipinski definition) is 2. The topological polar surface area (TPSA) is 116 Å². The molecular weight excluding hydrogens is 548 g/mol. The third kappa shape index (κ3) is 6.63. The van der Waals surface area contributed by atoms with Gasteiger partial charge in [0.25, 0.3) is 0 Å². The van der Waals surface area contributed by atoms with Gasteiger partial charge in [-0.15, -0.1) is 10.2 Å². The van der Waals surface area contributed by atoms with E-state index >= 15 is 0 Å². The highest BCUT2D eigenvalue weighted by Gasteiger charge is 2.38. The Kier molecular flexibility index (Phi) is 8.99. The maximum absolute atomic E-state index is 12.6. The van der Waals surface area contributed by atoms with E-state index in [1.54, 1.807) is 48.4 Å². The summed E-state index contributed by atoms with van der Waals surface area (Å²) in [5.41, 5.74) is 3.51. The molecule has 0 spiro atoms. The fourth-order valence-electron chi connectivity index (χ4n) is 4.52. The quantitative estimate of drug-likeness (QED) is 0.266. The Bertz CT molecular complexity index is 1500. The van der Waals surface area contributed by atoms with Crippen LogP contribution in [-0.4, -0.2) is 40.1 Å². The molecule has 1 saturated heterocycles. The Labute approximate surface area is 238 Å². The number of ether oxygens (including phenoxy) is 2. The van der Waals surface area contributed by atoms with Gasteiger partial charge in [0.15, 0.2) is 11.4 Å². The first-order valence-electron chi connectivity index (χ1n) is 12.9. The van der Waals surface area contributed by atoms with Crippen molar-refractivity contribution in [2.24, 2.45) is 13.0 Å². The normalized spacial score (nSPS) is 21.4. The van der Waals surface area contributed by atoms with Crippen molar-refractivity contribution in [3.8, 4) is 0 Å². The van der Waals surface area contributed by atoms with Gasteiger partial charge in [0.2, 0.25) is 10.0 Å². The molecule has 1 aliphatic rings. The van der Waals surface area contributed by atoms with Crippen LogP contribution in [0.5, 0.6) is 0 Å². The zero-order valence-electron chi connectivity index (χ0n) is 22.3. The number of nitrogens with zero attached hydrogens (tertiary/aromatic N) is 3. The summed E-state index contributed by atoms with van der Waals surface area (Å²) in [6.07, 6.45) is 0.694. The van der Waals surface area contributed by atoms with Crippen LogP contribution in [0, 0.1) is 5.92 Å². The van der Waals surface area contributed by atoms with Crippen molar-refractivity contribution >= 4 is 21.8 Å². The van der Waals surface area contributed by atoms with Gasteiger partial charge in [0.1, 0.15) is 6.33 Å². The highest BCUT2D eigenvalue weighted by Crippen LogP contribution is 2.42. The van der Waals surface area contributed by atoms with Gasteiger partial charge < -0.3 is 19.1 Å². The molecular formula is C29H32N4O5S2. The summed E-state index contributed by atoms with van der Waals surface area (Å²) in [5, 5.41) is 18.4. The first-order chi connectivity index (χ1) is 19.3. The lowest BCUT2D eigenvalue weighted by Crippen LogP contribution is -2.38. The lowest BCUT2D eigenvalue weighted by molar-refractivity contribution is -0.268. The minimum absolute atomic E-state index is 0.0160. The smallest absolute Gasteiger partial charge is 0.240 e. The largest absolute Gasteiger partial charge is 0.392 e. The van der Waals surface area contributed by atoms with Gasteiger partial charge in [0.05, 0.1) is 23.7 Å². The van der Waals surface area contributed by atoms with Crippen molar-refractivity contribution in [3.05, 3.63) is 107 Å². The molecule has 0 bridgehead atoms. The maximum Gasteiger partial charge on any atom is 0.240 e. The third-order valence-corrected chi connectivity index (χ3v) is 9.48. The first kappa shape index (κ1) is 28.5.